The summed E-state index contributed by atoms with van der Waals surface area (Å²) in [7, 11) is 0. The van der Waals surface area contributed by atoms with Crippen molar-refractivity contribution < 1.29 is 4.74 Å². The van der Waals surface area contributed by atoms with Gasteiger partial charge in [-0.15, -0.1) is 0 Å². The predicted molar refractivity (Wildman–Crippen MR) is 65.0 cm³/mol. The lowest BCUT2D eigenvalue weighted by Gasteiger charge is -2.28. The van der Waals surface area contributed by atoms with Gasteiger partial charge in [0, 0.05) is 6.61 Å². The van der Waals surface area contributed by atoms with Gasteiger partial charge in [0.25, 0.3) is 0 Å². The molecule has 2 atom stereocenters. The van der Waals surface area contributed by atoms with E-state index in [0.717, 1.165) is 25.5 Å². The van der Waals surface area contributed by atoms with E-state index in [4.69, 9.17) is 4.74 Å². The average Bonchev–Trinajstić information content (AvgIpc) is 2.99. The Morgan fingerprint density at radius 1 is 1.47 bits per heavy atom. The molecule has 0 aromatic carbocycles. The highest BCUT2D eigenvalue weighted by Gasteiger charge is 2.37. The van der Waals surface area contributed by atoms with E-state index in [1.807, 2.05) is 0 Å². The zero-order valence-corrected chi connectivity index (χ0v) is 10.4. The molecular formula is C13H25NO. The van der Waals surface area contributed by atoms with Crippen molar-refractivity contribution in [2.45, 2.75) is 52.2 Å². The zero-order chi connectivity index (χ0) is 11.3. The molecule has 2 unspecified atom stereocenters. The Bertz CT molecular complexity index is 199. The quantitative estimate of drug-likeness (QED) is 0.623. The molecule has 0 heterocycles. The summed E-state index contributed by atoms with van der Waals surface area (Å²) in [5, 5.41) is 3.55. The summed E-state index contributed by atoms with van der Waals surface area (Å²) < 4.78 is 5.86. The van der Waals surface area contributed by atoms with Gasteiger partial charge in [-0.3, -0.25) is 0 Å². The monoisotopic (exact) mass is 211 g/mol. The topological polar surface area (TPSA) is 21.3 Å². The molecule has 2 nitrogen and oxygen atoms in total. The molecule has 88 valence electrons. The highest BCUT2D eigenvalue weighted by Crippen LogP contribution is 2.37. The van der Waals surface area contributed by atoms with Gasteiger partial charge in [0.2, 0.25) is 0 Å². The first-order chi connectivity index (χ1) is 7.20. The van der Waals surface area contributed by atoms with Crippen LogP contribution in [0.2, 0.25) is 0 Å². The van der Waals surface area contributed by atoms with Gasteiger partial charge < -0.3 is 10.1 Å². The Morgan fingerprint density at radius 3 is 2.53 bits per heavy atom. The van der Waals surface area contributed by atoms with Gasteiger partial charge in [0.15, 0.2) is 0 Å². The molecule has 1 rings (SSSR count). The van der Waals surface area contributed by atoms with Crippen molar-refractivity contribution in [3.05, 3.63) is 12.2 Å². The van der Waals surface area contributed by atoms with Gasteiger partial charge in [-0.1, -0.05) is 19.1 Å². The van der Waals surface area contributed by atoms with Crippen LogP contribution >= 0.6 is 0 Å². The van der Waals surface area contributed by atoms with Crippen LogP contribution in [0.3, 0.4) is 0 Å². The first-order valence-corrected chi connectivity index (χ1v) is 6.21. The smallest absolute Gasteiger partial charge is 0.0794 e. The van der Waals surface area contributed by atoms with E-state index in [1.165, 1.54) is 18.4 Å². The second-order valence-corrected chi connectivity index (χ2v) is 4.54. The van der Waals surface area contributed by atoms with Gasteiger partial charge in [0.05, 0.1) is 12.1 Å². The zero-order valence-electron chi connectivity index (χ0n) is 10.4. The highest BCUT2D eigenvalue weighted by atomic mass is 16.5. The van der Waals surface area contributed by atoms with Crippen LogP contribution < -0.4 is 5.32 Å². The largest absolute Gasteiger partial charge is 0.376 e. The van der Waals surface area contributed by atoms with Crippen molar-refractivity contribution in [3.63, 3.8) is 0 Å². The van der Waals surface area contributed by atoms with Crippen molar-refractivity contribution in [2.75, 3.05) is 13.2 Å². The Labute approximate surface area is 94.1 Å². The van der Waals surface area contributed by atoms with Crippen molar-refractivity contribution in [1.29, 1.82) is 0 Å². The fourth-order valence-corrected chi connectivity index (χ4v) is 1.99. The molecule has 0 aliphatic heterocycles. The normalized spacial score (nSPS) is 19.9. The molecular weight excluding hydrogens is 186 g/mol. The van der Waals surface area contributed by atoms with Crippen molar-refractivity contribution in [2.24, 2.45) is 5.92 Å². The highest BCUT2D eigenvalue weighted by molar-refractivity contribution is 5.08. The summed E-state index contributed by atoms with van der Waals surface area (Å²) in [5.41, 5.74) is 1.20. The number of hydrogen-bond acceptors (Lipinski definition) is 2. The Balaban J connectivity index is 2.52. The second kappa shape index (κ2) is 6.29. The summed E-state index contributed by atoms with van der Waals surface area (Å²) in [5.74, 6) is 0.760. The van der Waals surface area contributed by atoms with Gasteiger partial charge in [-0.2, -0.15) is 0 Å². The number of ether oxygens (including phenoxy) is 1. The van der Waals surface area contributed by atoms with Crippen molar-refractivity contribution in [3.8, 4) is 0 Å². The maximum atomic E-state index is 5.86. The predicted octanol–water partition coefficient (Wildman–Crippen LogP) is 2.75. The van der Waals surface area contributed by atoms with E-state index in [1.54, 1.807) is 0 Å². The molecule has 1 saturated carbocycles. The fourth-order valence-electron chi connectivity index (χ4n) is 1.99. The second-order valence-electron chi connectivity index (χ2n) is 4.54. The van der Waals surface area contributed by atoms with Gasteiger partial charge >= 0.3 is 0 Å². The van der Waals surface area contributed by atoms with E-state index >= 15 is 0 Å². The third kappa shape index (κ3) is 3.96. The van der Waals surface area contributed by atoms with E-state index in [2.05, 4.69) is 32.7 Å². The van der Waals surface area contributed by atoms with Crippen LogP contribution in [-0.2, 0) is 4.74 Å². The van der Waals surface area contributed by atoms with Crippen LogP contribution in [0.5, 0.6) is 0 Å². The fraction of sp³-hybridized carbons (Fsp3) is 0.846. The third-order valence-electron chi connectivity index (χ3n) is 2.92. The number of hydrogen-bond donors (Lipinski definition) is 1. The molecule has 1 N–H and O–H groups in total. The van der Waals surface area contributed by atoms with Crippen LogP contribution in [0.15, 0.2) is 12.2 Å². The Hall–Kier alpha value is -0.340. The summed E-state index contributed by atoms with van der Waals surface area (Å²) in [6.45, 7) is 12.3. The van der Waals surface area contributed by atoms with Crippen LogP contribution in [0.1, 0.15) is 40.0 Å². The molecule has 15 heavy (non-hydrogen) atoms. The van der Waals surface area contributed by atoms with Gasteiger partial charge in [-0.25, -0.2) is 0 Å². The maximum absolute atomic E-state index is 5.86. The van der Waals surface area contributed by atoms with Crippen LogP contribution in [-0.4, -0.2) is 25.3 Å². The molecule has 0 aromatic rings. The lowest BCUT2D eigenvalue weighted by atomic mass is 10.00. The molecule has 0 amide bonds. The minimum atomic E-state index is 0.345. The van der Waals surface area contributed by atoms with Crippen molar-refractivity contribution >= 4 is 0 Å². The lowest BCUT2D eigenvalue weighted by Crippen LogP contribution is -2.43. The number of nitrogens with one attached hydrogen (secondary N) is 1. The third-order valence-corrected chi connectivity index (χ3v) is 2.92. The molecule has 1 fully saturated rings. The Kier molecular flexibility index (Phi) is 5.34. The molecule has 1 aliphatic carbocycles. The molecule has 0 saturated heterocycles. The van der Waals surface area contributed by atoms with Crippen LogP contribution in [0.4, 0.5) is 0 Å². The van der Waals surface area contributed by atoms with Gasteiger partial charge in [0.1, 0.15) is 0 Å². The minimum absolute atomic E-state index is 0.345. The lowest BCUT2D eigenvalue weighted by molar-refractivity contribution is 0.0280. The summed E-state index contributed by atoms with van der Waals surface area (Å²) >= 11 is 0. The summed E-state index contributed by atoms with van der Waals surface area (Å²) in [6, 6.07) is 0.345. The molecule has 0 spiro atoms. The average molecular weight is 211 g/mol. The molecule has 2 heteroatoms. The number of rotatable bonds is 8. The SMILES string of the molecule is C=C(C)C(NCCC)C(OCC)C1CC1. The Morgan fingerprint density at radius 2 is 2.13 bits per heavy atom. The molecule has 0 aromatic heterocycles. The van der Waals surface area contributed by atoms with E-state index in [0.29, 0.717) is 12.1 Å². The summed E-state index contributed by atoms with van der Waals surface area (Å²) in [6.07, 6.45) is 4.15. The van der Waals surface area contributed by atoms with E-state index in [-0.39, 0.29) is 0 Å². The van der Waals surface area contributed by atoms with Gasteiger partial charge in [-0.05, 0) is 45.6 Å². The van der Waals surface area contributed by atoms with Crippen molar-refractivity contribution in [1.82, 2.24) is 5.32 Å². The first-order valence-electron chi connectivity index (χ1n) is 6.21. The standard InChI is InChI=1S/C13H25NO/c1-5-9-14-12(10(3)4)13(15-6-2)11-7-8-11/h11-14H,3,5-9H2,1-2,4H3. The maximum Gasteiger partial charge on any atom is 0.0794 e. The van der Waals surface area contributed by atoms with E-state index in [9.17, 15) is 0 Å². The molecule has 0 bridgehead atoms. The van der Waals surface area contributed by atoms with Crippen LogP contribution in [0.25, 0.3) is 0 Å². The molecule has 1 aliphatic rings. The minimum Gasteiger partial charge on any atom is -0.376 e. The first kappa shape index (κ1) is 12.7. The van der Waals surface area contributed by atoms with Crippen LogP contribution in [0, 0.1) is 5.92 Å². The molecule has 0 radical (unpaired) electrons. The van der Waals surface area contributed by atoms with E-state index < -0.39 is 0 Å². The summed E-state index contributed by atoms with van der Waals surface area (Å²) in [4.78, 5) is 0.